The SMILES string of the molecule is CSc1cccc(NC(=O)CCN2C(=O)NC3(CCCC3)C2=O)c1. The van der Waals surface area contributed by atoms with E-state index in [1.54, 1.807) is 11.8 Å². The van der Waals surface area contributed by atoms with Crippen LogP contribution in [0.25, 0.3) is 0 Å². The minimum absolute atomic E-state index is 0.0960. The number of rotatable bonds is 5. The van der Waals surface area contributed by atoms with Crippen LogP contribution in [-0.4, -0.2) is 41.1 Å². The summed E-state index contributed by atoms with van der Waals surface area (Å²) in [6.07, 6.45) is 5.36. The molecule has 7 heteroatoms. The number of hydrogen-bond acceptors (Lipinski definition) is 4. The zero-order valence-corrected chi connectivity index (χ0v) is 14.4. The Kier molecular flexibility index (Phi) is 4.80. The number of urea groups is 1. The Morgan fingerprint density at radius 1 is 1.33 bits per heavy atom. The summed E-state index contributed by atoms with van der Waals surface area (Å²) in [6, 6.07) is 7.18. The van der Waals surface area contributed by atoms with E-state index in [1.165, 1.54) is 4.90 Å². The molecule has 1 saturated carbocycles. The number of carbonyl (C=O) groups is 3. The predicted molar refractivity (Wildman–Crippen MR) is 92.9 cm³/mol. The van der Waals surface area contributed by atoms with Crippen molar-refractivity contribution in [3.8, 4) is 0 Å². The van der Waals surface area contributed by atoms with E-state index in [4.69, 9.17) is 0 Å². The Bertz CT molecular complexity index is 671. The van der Waals surface area contributed by atoms with Crippen LogP contribution in [0.15, 0.2) is 29.2 Å². The molecule has 3 rings (SSSR count). The lowest BCUT2D eigenvalue weighted by Crippen LogP contribution is -2.44. The summed E-state index contributed by atoms with van der Waals surface area (Å²) in [5.74, 6) is -0.386. The Morgan fingerprint density at radius 3 is 2.79 bits per heavy atom. The highest BCUT2D eigenvalue weighted by molar-refractivity contribution is 7.98. The second-order valence-corrected chi connectivity index (χ2v) is 7.09. The van der Waals surface area contributed by atoms with Gasteiger partial charge in [0.1, 0.15) is 5.54 Å². The molecule has 2 N–H and O–H groups in total. The molecule has 0 radical (unpaired) electrons. The topological polar surface area (TPSA) is 78.5 Å². The van der Waals surface area contributed by atoms with Crippen molar-refractivity contribution in [3.05, 3.63) is 24.3 Å². The molecule has 128 valence electrons. The third-order valence-electron chi connectivity index (χ3n) is 4.62. The van der Waals surface area contributed by atoms with Gasteiger partial charge >= 0.3 is 6.03 Å². The lowest BCUT2D eigenvalue weighted by Gasteiger charge is -2.19. The van der Waals surface area contributed by atoms with E-state index in [2.05, 4.69) is 10.6 Å². The number of imide groups is 1. The molecule has 0 aromatic heterocycles. The van der Waals surface area contributed by atoms with Crippen molar-refractivity contribution in [3.63, 3.8) is 0 Å². The molecule has 24 heavy (non-hydrogen) atoms. The van der Waals surface area contributed by atoms with Gasteiger partial charge in [0.05, 0.1) is 0 Å². The molecule has 1 aromatic carbocycles. The predicted octanol–water partition coefficient (Wildman–Crippen LogP) is 2.60. The maximum Gasteiger partial charge on any atom is 0.325 e. The molecule has 1 aliphatic heterocycles. The highest BCUT2D eigenvalue weighted by atomic mass is 32.2. The average molecular weight is 347 g/mol. The van der Waals surface area contributed by atoms with E-state index in [0.717, 1.165) is 23.4 Å². The third-order valence-corrected chi connectivity index (χ3v) is 5.34. The summed E-state index contributed by atoms with van der Waals surface area (Å²) in [7, 11) is 0. The van der Waals surface area contributed by atoms with Crippen molar-refractivity contribution in [1.82, 2.24) is 10.2 Å². The van der Waals surface area contributed by atoms with Crippen molar-refractivity contribution in [1.29, 1.82) is 0 Å². The van der Waals surface area contributed by atoms with Gasteiger partial charge in [-0.3, -0.25) is 14.5 Å². The Hall–Kier alpha value is -2.02. The van der Waals surface area contributed by atoms with E-state index in [0.29, 0.717) is 12.8 Å². The quantitative estimate of drug-likeness (QED) is 0.634. The summed E-state index contributed by atoms with van der Waals surface area (Å²) in [5, 5.41) is 5.63. The average Bonchev–Trinajstić information content (AvgIpc) is 3.12. The van der Waals surface area contributed by atoms with E-state index in [9.17, 15) is 14.4 Å². The number of nitrogens with zero attached hydrogens (tertiary/aromatic N) is 1. The van der Waals surface area contributed by atoms with Crippen LogP contribution in [0.1, 0.15) is 32.1 Å². The van der Waals surface area contributed by atoms with Crippen molar-refractivity contribution < 1.29 is 14.4 Å². The first-order valence-corrected chi connectivity index (χ1v) is 9.34. The molecule has 0 unspecified atom stereocenters. The van der Waals surface area contributed by atoms with Crippen molar-refractivity contribution in [2.75, 3.05) is 18.1 Å². The molecule has 1 saturated heterocycles. The number of nitrogens with one attached hydrogen (secondary N) is 2. The monoisotopic (exact) mass is 347 g/mol. The van der Waals surface area contributed by atoms with Gasteiger partial charge in [0.15, 0.2) is 0 Å². The maximum absolute atomic E-state index is 12.5. The van der Waals surface area contributed by atoms with Gasteiger partial charge in [0.2, 0.25) is 5.91 Å². The lowest BCUT2D eigenvalue weighted by molar-refractivity contribution is -0.131. The maximum atomic E-state index is 12.5. The Labute approximate surface area is 145 Å². The second-order valence-electron chi connectivity index (χ2n) is 6.21. The molecule has 0 bridgehead atoms. The van der Waals surface area contributed by atoms with Crippen LogP contribution in [0.3, 0.4) is 0 Å². The lowest BCUT2D eigenvalue weighted by atomic mass is 9.98. The minimum atomic E-state index is -0.708. The summed E-state index contributed by atoms with van der Waals surface area (Å²) >= 11 is 1.60. The van der Waals surface area contributed by atoms with E-state index < -0.39 is 5.54 Å². The molecule has 1 spiro atoms. The van der Waals surface area contributed by atoms with Crippen LogP contribution in [0, 0.1) is 0 Å². The first-order chi connectivity index (χ1) is 11.5. The molecule has 1 heterocycles. The number of thioether (sulfide) groups is 1. The van der Waals surface area contributed by atoms with E-state index in [-0.39, 0.29) is 30.8 Å². The van der Waals surface area contributed by atoms with Gasteiger partial charge < -0.3 is 10.6 Å². The van der Waals surface area contributed by atoms with Crippen molar-refractivity contribution in [2.45, 2.75) is 42.5 Å². The fraction of sp³-hybridized carbons (Fsp3) is 0.471. The number of hydrogen-bond donors (Lipinski definition) is 2. The highest BCUT2D eigenvalue weighted by Crippen LogP contribution is 2.35. The molecular formula is C17H21N3O3S. The summed E-state index contributed by atoms with van der Waals surface area (Å²) in [6.45, 7) is 0.112. The number of benzene rings is 1. The third kappa shape index (κ3) is 3.26. The second kappa shape index (κ2) is 6.84. The van der Waals surface area contributed by atoms with Crippen LogP contribution < -0.4 is 10.6 Å². The highest BCUT2D eigenvalue weighted by Gasteiger charge is 2.52. The van der Waals surface area contributed by atoms with E-state index in [1.807, 2.05) is 30.5 Å². The number of amides is 4. The van der Waals surface area contributed by atoms with Gasteiger partial charge in [-0.2, -0.15) is 0 Å². The fourth-order valence-electron chi connectivity index (χ4n) is 3.33. The Balaban J connectivity index is 1.56. The van der Waals surface area contributed by atoms with Gasteiger partial charge in [-0.05, 0) is 37.3 Å². The molecule has 2 aliphatic rings. The van der Waals surface area contributed by atoms with Crippen molar-refractivity contribution in [2.24, 2.45) is 0 Å². The first-order valence-electron chi connectivity index (χ1n) is 8.12. The van der Waals surface area contributed by atoms with Crippen LogP contribution in [-0.2, 0) is 9.59 Å². The van der Waals surface area contributed by atoms with Gasteiger partial charge in [-0.25, -0.2) is 4.79 Å². The van der Waals surface area contributed by atoms with Crippen LogP contribution in [0.2, 0.25) is 0 Å². The summed E-state index contributed by atoms with van der Waals surface area (Å²) < 4.78 is 0. The zero-order chi connectivity index (χ0) is 17.2. The fourth-order valence-corrected chi connectivity index (χ4v) is 3.79. The van der Waals surface area contributed by atoms with Gasteiger partial charge in [-0.15, -0.1) is 11.8 Å². The standard InChI is InChI=1S/C17H21N3O3S/c1-24-13-6-4-5-12(11-13)18-14(21)7-10-20-15(22)17(19-16(20)23)8-2-3-9-17/h4-6,11H,2-3,7-10H2,1H3,(H,18,21)(H,19,23). The van der Waals surface area contributed by atoms with Crippen LogP contribution in [0.5, 0.6) is 0 Å². The summed E-state index contributed by atoms with van der Waals surface area (Å²) in [5.41, 5.74) is 0.0107. The zero-order valence-electron chi connectivity index (χ0n) is 13.6. The van der Waals surface area contributed by atoms with E-state index >= 15 is 0 Å². The van der Waals surface area contributed by atoms with Gasteiger partial charge in [-0.1, -0.05) is 18.9 Å². The molecule has 2 fully saturated rings. The van der Waals surface area contributed by atoms with Crippen molar-refractivity contribution >= 4 is 35.3 Å². The molecule has 4 amide bonds. The molecule has 0 atom stereocenters. The molecule has 6 nitrogen and oxygen atoms in total. The van der Waals surface area contributed by atoms with Gasteiger partial charge in [0.25, 0.3) is 5.91 Å². The molecule has 1 aliphatic carbocycles. The number of anilines is 1. The van der Waals surface area contributed by atoms with Gasteiger partial charge in [0, 0.05) is 23.5 Å². The normalized spacial score (nSPS) is 19.0. The van der Waals surface area contributed by atoms with Crippen LogP contribution in [0.4, 0.5) is 10.5 Å². The minimum Gasteiger partial charge on any atom is -0.326 e. The summed E-state index contributed by atoms with van der Waals surface area (Å²) in [4.78, 5) is 38.9. The van der Waals surface area contributed by atoms with Crippen LogP contribution >= 0.6 is 11.8 Å². The molecule has 1 aromatic rings. The molecular weight excluding hydrogens is 326 g/mol. The largest absolute Gasteiger partial charge is 0.326 e. The number of carbonyl (C=O) groups excluding carboxylic acids is 3. The smallest absolute Gasteiger partial charge is 0.325 e. The Morgan fingerprint density at radius 2 is 2.08 bits per heavy atom. The first kappa shape index (κ1) is 16.8.